The molecule has 1 aromatic carbocycles. The molecule has 4 nitrogen and oxygen atoms in total. The van der Waals surface area contributed by atoms with Gasteiger partial charge in [0.2, 0.25) is 0 Å². The summed E-state index contributed by atoms with van der Waals surface area (Å²) in [6, 6.07) is 13.8. The molecule has 0 saturated heterocycles. The molecule has 120 valence electrons. The highest BCUT2D eigenvalue weighted by atomic mass is 19.1. The minimum absolute atomic E-state index is 0.285. The lowest BCUT2D eigenvalue weighted by atomic mass is 10.0. The Morgan fingerprint density at radius 2 is 1.16 bits per heavy atom. The van der Waals surface area contributed by atoms with E-state index in [-0.39, 0.29) is 5.82 Å². The third-order valence-electron chi connectivity index (χ3n) is 3.82. The summed E-state index contributed by atoms with van der Waals surface area (Å²) in [6.45, 7) is 0. The first-order valence-electron chi connectivity index (χ1n) is 7.75. The van der Waals surface area contributed by atoms with Crippen molar-refractivity contribution in [3.63, 3.8) is 0 Å². The Hall–Kier alpha value is -3.47. The molecule has 0 atom stereocenters. The first kappa shape index (κ1) is 15.1. The fraction of sp³-hybridized carbons (Fsp3) is 0. The number of rotatable bonds is 3. The molecule has 5 heteroatoms. The summed E-state index contributed by atoms with van der Waals surface area (Å²) in [4.78, 5) is 17.5. The molecule has 25 heavy (non-hydrogen) atoms. The average Bonchev–Trinajstić information content (AvgIpc) is 2.69. The van der Waals surface area contributed by atoms with Crippen LogP contribution in [0.15, 0.2) is 79.5 Å². The zero-order valence-corrected chi connectivity index (χ0v) is 13.2. The highest BCUT2D eigenvalue weighted by Crippen LogP contribution is 2.30. The fourth-order valence-electron chi connectivity index (χ4n) is 2.58. The Labute approximate surface area is 144 Å². The Kier molecular flexibility index (Phi) is 3.96. The maximum absolute atomic E-state index is 13.3. The predicted molar refractivity (Wildman–Crippen MR) is 93.9 cm³/mol. The number of hydrogen-bond donors (Lipinski definition) is 0. The maximum atomic E-state index is 13.3. The van der Waals surface area contributed by atoms with Crippen molar-refractivity contribution in [1.82, 2.24) is 19.9 Å². The van der Waals surface area contributed by atoms with Gasteiger partial charge < -0.3 is 0 Å². The second kappa shape index (κ2) is 6.57. The Morgan fingerprint density at radius 1 is 0.600 bits per heavy atom. The van der Waals surface area contributed by atoms with Crippen molar-refractivity contribution in [2.75, 3.05) is 0 Å². The molecule has 0 fully saturated rings. The minimum atomic E-state index is -0.285. The first-order chi connectivity index (χ1) is 12.3. The number of halogens is 1. The number of nitrogens with zero attached hydrogens (tertiary/aromatic N) is 4. The van der Waals surface area contributed by atoms with Crippen LogP contribution in [0.25, 0.3) is 33.8 Å². The van der Waals surface area contributed by atoms with Crippen LogP contribution in [-0.2, 0) is 0 Å². The van der Waals surface area contributed by atoms with E-state index in [4.69, 9.17) is 4.98 Å². The van der Waals surface area contributed by atoms with Crippen molar-refractivity contribution < 1.29 is 4.39 Å². The van der Waals surface area contributed by atoms with Crippen molar-refractivity contribution in [3.05, 3.63) is 85.3 Å². The van der Waals surface area contributed by atoms with E-state index in [1.165, 1.54) is 12.1 Å². The van der Waals surface area contributed by atoms with Crippen LogP contribution >= 0.6 is 0 Å². The van der Waals surface area contributed by atoms with Crippen LogP contribution in [0.3, 0.4) is 0 Å². The van der Waals surface area contributed by atoms with E-state index in [0.717, 1.165) is 28.1 Å². The molecule has 0 aliphatic rings. The van der Waals surface area contributed by atoms with E-state index in [1.807, 2.05) is 24.3 Å². The van der Waals surface area contributed by atoms with Gasteiger partial charge in [0.1, 0.15) is 5.82 Å². The zero-order valence-electron chi connectivity index (χ0n) is 13.2. The Bertz CT molecular complexity index is 987. The minimum Gasteiger partial charge on any atom is -0.265 e. The lowest BCUT2D eigenvalue weighted by Gasteiger charge is -2.10. The maximum Gasteiger partial charge on any atom is 0.123 e. The van der Waals surface area contributed by atoms with Crippen LogP contribution in [0.4, 0.5) is 4.39 Å². The molecule has 0 aliphatic carbocycles. The van der Waals surface area contributed by atoms with E-state index >= 15 is 0 Å². The van der Waals surface area contributed by atoms with Gasteiger partial charge in [-0.25, -0.2) is 9.37 Å². The number of pyridine rings is 2. The Balaban J connectivity index is 1.91. The summed E-state index contributed by atoms with van der Waals surface area (Å²) < 4.78 is 13.3. The molecule has 0 unspecified atom stereocenters. The van der Waals surface area contributed by atoms with Crippen molar-refractivity contribution >= 4 is 0 Å². The van der Waals surface area contributed by atoms with Gasteiger partial charge in [-0.05, 0) is 48.5 Å². The second-order valence-corrected chi connectivity index (χ2v) is 5.43. The monoisotopic (exact) mass is 328 g/mol. The number of benzene rings is 1. The number of hydrogen-bond acceptors (Lipinski definition) is 4. The lowest BCUT2D eigenvalue weighted by molar-refractivity contribution is 0.628. The number of aromatic nitrogens is 4. The summed E-state index contributed by atoms with van der Waals surface area (Å²) in [6.07, 6.45) is 8.58. The van der Waals surface area contributed by atoms with Gasteiger partial charge in [-0.15, -0.1) is 0 Å². The van der Waals surface area contributed by atoms with Gasteiger partial charge in [-0.3, -0.25) is 15.0 Å². The molecular formula is C20H13FN4. The third kappa shape index (κ3) is 3.12. The molecule has 0 radical (unpaired) electrons. The quantitative estimate of drug-likeness (QED) is 0.559. The molecule has 0 aliphatic heterocycles. The van der Waals surface area contributed by atoms with Crippen molar-refractivity contribution in [1.29, 1.82) is 0 Å². The fourth-order valence-corrected chi connectivity index (χ4v) is 2.58. The van der Waals surface area contributed by atoms with Gasteiger partial charge in [-0.2, -0.15) is 0 Å². The Morgan fingerprint density at radius 3 is 1.80 bits per heavy atom. The van der Waals surface area contributed by atoms with Gasteiger partial charge >= 0.3 is 0 Å². The lowest BCUT2D eigenvalue weighted by Crippen LogP contribution is -1.96. The van der Waals surface area contributed by atoms with Crippen LogP contribution in [0.1, 0.15) is 0 Å². The van der Waals surface area contributed by atoms with Gasteiger partial charge in [0.05, 0.1) is 23.3 Å². The molecular weight excluding hydrogens is 315 g/mol. The topological polar surface area (TPSA) is 51.6 Å². The van der Waals surface area contributed by atoms with Gasteiger partial charge in [0.15, 0.2) is 0 Å². The average molecular weight is 328 g/mol. The smallest absolute Gasteiger partial charge is 0.123 e. The van der Waals surface area contributed by atoms with Crippen LogP contribution in [0.5, 0.6) is 0 Å². The normalized spacial score (nSPS) is 10.6. The van der Waals surface area contributed by atoms with E-state index in [2.05, 4.69) is 15.0 Å². The summed E-state index contributed by atoms with van der Waals surface area (Å²) in [7, 11) is 0. The van der Waals surface area contributed by atoms with Crippen molar-refractivity contribution in [3.8, 4) is 33.8 Å². The second-order valence-electron chi connectivity index (χ2n) is 5.43. The molecule has 3 aromatic heterocycles. The standard InChI is InChI=1S/C20H13FN4/c21-17-3-1-15(2-4-17)20-19(16-7-11-23-12-8-16)24-13-18(25-20)14-5-9-22-10-6-14/h1-13H. The van der Waals surface area contributed by atoms with Crippen LogP contribution in [0, 0.1) is 5.82 Å². The molecule has 0 spiro atoms. The summed E-state index contributed by atoms with van der Waals surface area (Å²) in [5, 5.41) is 0. The van der Waals surface area contributed by atoms with E-state index in [9.17, 15) is 4.39 Å². The van der Waals surface area contributed by atoms with Crippen LogP contribution < -0.4 is 0 Å². The van der Waals surface area contributed by atoms with Crippen LogP contribution in [0.2, 0.25) is 0 Å². The third-order valence-corrected chi connectivity index (χ3v) is 3.82. The first-order valence-corrected chi connectivity index (χ1v) is 7.75. The highest BCUT2D eigenvalue weighted by Gasteiger charge is 2.13. The van der Waals surface area contributed by atoms with Gasteiger partial charge in [0.25, 0.3) is 0 Å². The molecule has 0 bridgehead atoms. The summed E-state index contributed by atoms with van der Waals surface area (Å²) in [5.41, 5.74) is 4.79. The highest BCUT2D eigenvalue weighted by molar-refractivity contribution is 5.79. The largest absolute Gasteiger partial charge is 0.265 e. The van der Waals surface area contributed by atoms with Crippen molar-refractivity contribution in [2.45, 2.75) is 0 Å². The molecule has 0 saturated carbocycles. The van der Waals surface area contributed by atoms with E-state index in [0.29, 0.717) is 5.69 Å². The molecule has 4 rings (SSSR count). The SMILES string of the molecule is Fc1ccc(-c2nc(-c3ccncc3)cnc2-c2ccncc2)cc1. The molecule has 0 N–H and O–H groups in total. The van der Waals surface area contributed by atoms with Gasteiger partial charge in [0, 0.05) is 41.5 Å². The summed E-state index contributed by atoms with van der Waals surface area (Å²) >= 11 is 0. The van der Waals surface area contributed by atoms with E-state index in [1.54, 1.807) is 43.1 Å². The van der Waals surface area contributed by atoms with E-state index < -0.39 is 0 Å². The predicted octanol–water partition coefficient (Wildman–Crippen LogP) is 4.41. The molecule has 0 amide bonds. The zero-order chi connectivity index (χ0) is 17.1. The van der Waals surface area contributed by atoms with Crippen LogP contribution in [-0.4, -0.2) is 19.9 Å². The summed E-state index contributed by atoms with van der Waals surface area (Å²) in [5.74, 6) is -0.285. The van der Waals surface area contributed by atoms with Crippen molar-refractivity contribution in [2.24, 2.45) is 0 Å². The molecule has 4 aromatic rings. The molecule has 3 heterocycles. The van der Waals surface area contributed by atoms with Gasteiger partial charge in [-0.1, -0.05) is 0 Å².